The Hall–Kier alpha value is -2.95. The fourth-order valence-electron chi connectivity index (χ4n) is 2.53. The van der Waals surface area contributed by atoms with E-state index in [1.165, 1.54) is 7.11 Å². The molecule has 2 heterocycles. The molecule has 0 saturated heterocycles. The number of carbonyl (C=O) groups is 1. The molecule has 5 nitrogen and oxygen atoms in total. The van der Waals surface area contributed by atoms with Gasteiger partial charge in [-0.15, -0.1) is 0 Å². The van der Waals surface area contributed by atoms with E-state index in [1.54, 1.807) is 17.1 Å². The highest BCUT2D eigenvalue weighted by atomic mass is 16.5. The van der Waals surface area contributed by atoms with Crippen molar-refractivity contribution in [1.29, 1.82) is 0 Å². The summed E-state index contributed by atoms with van der Waals surface area (Å²) in [6.07, 6.45) is 5.48. The number of hydrogen-bond donors (Lipinski definition) is 0. The van der Waals surface area contributed by atoms with Crippen LogP contribution >= 0.6 is 0 Å². The molecule has 0 aliphatic heterocycles. The molecule has 0 fully saturated rings. The van der Waals surface area contributed by atoms with Crippen molar-refractivity contribution in [1.82, 2.24) is 14.8 Å². The van der Waals surface area contributed by atoms with Gasteiger partial charge in [-0.05, 0) is 24.6 Å². The molecule has 116 valence electrons. The van der Waals surface area contributed by atoms with Gasteiger partial charge in [0.05, 0.1) is 24.6 Å². The zero-order chi connectivity index (χ0) is 16.4. The van der Waals surface area contributed by atoms with Gasteiger partial charge in [-0.3, -0.25) is 9.67 Å². The highest BCUT2D eigenvalue weighted by Gasteiger charge is 2.14. The molecule has 0 atom stereocenters. The quantitative estimate of drug-likeness (QED) is 0.697. The largest absolute Gasteiger partial charge is 0.465 e. The molecule has 0 aliphatic carbocycles. The Bertz CT molecular complexity index is 868. The molecule has 5 heteroatoms. The van der Waals surface area contributed by atoms with E-state index in [2.05, 4.69) is 10.1 Å². The second-order valence-corrected chi connectivity index (χ2v) is 5.32. The number of aryl methyl sites for hydroxylation is 2. The monoisotopic (exact) mass is 307 g/mol. The van der Waals surface area contributed by atoms with Gasteiger partial charge < -0.3 is 4.74 Å². The molecule has 2 aromatic heterocycles. The third-order valence-electron chi connectivity index (χ3n) is 3.74. The van der Waals surface area contributed by atoms with Gasteiger partial charge in [-0.2, -0.15) is 5.10 Å². The summed E-state index contributed by atoms with van der Waals surface area (Å²) >= 11 is 0. The second kappa shape index (κ2) is 6.04. The van der Waals surface area contributed by atoms with E-state index in [0.717, 1.165) is 27.9 Å². The number of carbonyl (C=O) groups excluding carboxylic acids is 1. The number of pyridine rings is 1. The topological polar surface area (TPSA) is 57.0 Å². The molecule has 0 radical (unpaired) electrons. The minimum atomic E-state index is -0.344. The van der Waals surface area contributed by atoms with E-state index in [4.69, 9.17) is 4.74 Å². The smallest absolute Gasteiger partial charge is 0.338 e. The van der Waals surface area contributed by atoms with Crippen molar-refractivity contribution in [3.8, 4) is 22.4 Å². The summed E-state index contributed by atoms with van der Waals surface area (Å²) in [4.78, 5) is 16.4. The van der Waals surface area contributed by atoms with Gasteiger partial charge in [0.15, 0.2) is 0 Å². The van der Waals surface area contributed by atoms with Crippen molar-refractivity contribution in [2.24, 2.45) is 7.05 Å². The van der Waals surface area contributed by atoms with Gasteiger partial charge in [0, 0.05) is 36.1 Å². The van der Waals surface area contributed by atoms with Crippen molar-refractivity contribution in [3.63, 3.8) is 0 Å². The molecule has 0 spiro atoms. The Labute approximate surface area is 134 Å². The van der Waals surface area contributed by atoms with Crippen molar-refractivity contribution in [2.75, 3.05) is 7.11 Å². The van der Waals surface area contributed by atoms with E-state index in [9.17, 15) is 4.79 Å². The number of esters is 1. The van der Waals surface area contributed by atoms with Crippen LogP contribution in [0.25, 0.3) is 22.4 Å². The van der Waals surface area contributed by atoms with E-state index >= 15 is 0 Å². The van der Waals surface area contributed by atoms with Crippen LogP contribution in [0.15, 0.2) is 48.9 Å². The molecule has 0 aliphatic rings. The normalized spacial score (nSPS) is 10.6. The maximum Gasteiger partial charge on any atom is 0.338 e. The van der Waals surface area contributed by atoms with Gasteiger partial charge in [0.1, 0.15) is 0 Å². The predicted molar refractivity (Wildman–Crippen MR) is 88.0 cm³/mol. The standard InChI is InChI=1S/C18H17N3O2/c1-12-6-7-13(9-16(12)18(22)23-3)17-15(5-4-8-19-17)14-10-20-21(2)11-14/h4-11H,1-3H3. The Kier molecular flexibility index (Phi) is 3.93. The number of nitrogens with zero attached hydrogens (tertiary/aromatic N) is 3. The number of hydrogen-bond acceptors (Lipinski definition) is 4. The van der Waals surface area contributed by atoms with Crippen molar-refractivity contribution in [3.05, 3.63) is 60.0 Å². The fourth-order valence-corrected chi connectivity index (χ4v) is 2.53. The third-order valence-corrected chi connectivity index (χ3v) is 3.74. The molecule has 3 aromatic rings. The lowest BCUT2D eigenvalue weighted by Gasteiger charge is -2.10. The summed E-state index contributed by atoms with van der Waals surface area (Å²) in [6.45, 7) is 1.89. The van der Waals surface area contributed by atoms with Crippen molar-refractivity contribution >= 4 is 5.97 Å². The van der Waals surface area contributed by atoms with Crippen LogP contribution in [0.4, 0.5) is 0 Å². The zero-order valence-electron chi connectivity index (χ0n) is 13.3. The first-order valence-corrected chi connectivity index (χ1v) is 7.23. The van der Waals surface area contributed by atoms with Gasteiger partial charge in [-0.25, -0.2) is 4.79 Å². The number of aromatic nitrogens is 3. The zero-order valence-corrected chi connectivity index (χ0v) is 13.3. The predicted octanol–water partition coefficient (Wildman–Crippen LogP) is 3.24. The Morgan fingerprint density at radius 3 is 2.74 bits per heavy atom. The lowest BCUT2D eigenvalue weighted by molar-refractivity contribution is 0.0600. The molecule has 0 bridgehead atoms. The van der Waals surface area contributed by atoms with Crippen LogP contribution in [0, 0.1) is 6.92 Å². The summed E-state index contributed by atoms with van der Waals surface area (Å²) in [6, 6.07) is 9.58. The first-order valence-electron chi connectivity index (χ1n) is 7.23. The molecule has 0 N–H and O–H groups in total. The summed E-state index contributed by atoms with van der Waals surface area (Å²) in [5, 5.41) is 4.22. The van der Waals surface area contributed by atoms with Crippen LogP contribution in [0.5, 0.6) is 0 Å². The maximum atomic E-state index is 11.9. The average Bonchev–Trinajstić information content (AvgIpc) is 3.01. The van der Waals surface area contributed by atoms with Crippen LogP contribution in [0.3, 0.4) is 0 Å². The summed E-state index contributed by atoms with van der Waals surface area (Å²) in [5.74, 6) is -0.344. The summed E-state index contributed by atoms with van der Waals surface area (Å²) in [7, 11) is 3.26. The van der Waals surface area contributed by atoms with E-state index < -0.39 is 0 Å². The first-order chi connectivity index (χ1) is 11.1. The molecular formula is C18H17N3O2. The fraction of sp³-hybridized carbons (Fsp3) is 0.167. The first kappa shape index (κ1) is 15.0. The second-order valence-electron chi connectivity index (χ2n) is 5.32. The lowest BCUT2D eigenvalue weighted by atomic mass is 9.98. The number of methoxy groups -OCH3 is 1. The van der Waals surface area contributed by atoms with Gasteiger partial charge >= 0.3 is 5.97 Å². The van der Waals surface area contributed by atoms with Crippen LogP contribution in [-0.4, -0.2) is 27.8 Å². The molecule has 0 saturated carbocycles. The Morgan fingerprint density at radius 2 is 2.04 bits per heavy atom. The highest BCUT2D eigenvalue weighted by molar-refractivity contribution is 5.93. The van der Waals surface area contributed by atoms with Gasteiger partial charge in [0.25, 0.3) is 0 Å². The van der Waals surface area contributed by atoms with Crippen LogP contribution in [-0.2, 0) is 11.8 Å². The van der Waals surface area contributed by atoms with Crippen LogP contribution in [0.1, 0.15) is 15.9 Å². The van der Waals surface area contributed by atoms with Crippen molar-refractivity contribution in [2.45, 2.75) is 6.92 Å². The Morgan fingerprint density at radius 1 is 1.22 bits per heavy atom. The number of ether oxygens (including phenoxy) is 1. The molecule has 1 aromatic carbocycles. The van der Waals surface area contributed by atoms with Crippen molar-refractivity contribution < 1.29 is 9.53 Å². The number of rotatable bonds is 3. The molecule has 0 amide bonds. The lowest BCUT2D eigenvalue weighted by Crippen LogP contribution is -2.04. The third kappa shape index (κ3) is 2.85. The highest BCUT2D eigenvalue weighted by Crippen LogP contribution is 2.31. The van der Waals surface area contributed by atoms with Crippen LogP contribution < -0.4 is 0 Å². The van der Waals surface area contributed by atoms with E-state index in [-0.39, 0.29) is 5.97 Å². The minimum absolute atomic E-state index is 0.344. The summed E-state index contributed by atoms with van der Waals surface area (Å²) < 4.78 is 6.60. The van der Waals surface area contributed by atoms with Gasteiger partial charge in [-0.1, -0.05) is 18.2 Å². The van der Waals surface area contributed by atoms with Crippen LogP contribution in [0.2, 0.25) is 0 Å². The molecule has 0 unspecified atom stereocenters. The SMILES string of the molecule is COC(=O)c1cc(-c2ncccc2-c2cnn(C)c2)ccc1C. The van der Waals surface area contributed by atoms with E-state index in [0.29, 0.717) is 5.56 Å². The van der Waals surface area contributed by atoms with E-state index in [1.807, 2.05) is 50.5 Å². The number of benzene rings is 1. The van der Waals surface area contributed by atoms with Gasteiger partial charge in [0.2, 0.25) is 0 Å². The Balaban J connectivity index is 2.15. The molecule has 3 rings (SSSR count). The average molecular weight is 307 g/mol. The maximum absolute atomic E-state index is 11.9. The molecular weight excluding hydrogens is 290 g/mol. The minimum Gasteiger partial charge on any atom is -0.465 e. The molecule has 23 heavy (non-hydrogen) atoms. The summed E-state index contributed by atoms with van der Waals surface area (Å²) in [5.41, 5.74) is 5.06.